The monoisotopic (exact) mass is 195 g/mol. The van der Waals surface area contributed by atoms with Crippen molar-refractivity contribution in [1.82, 2.24) is 9.97 Å². The third-order valence-electron chi connectivity index (χ3n) is 1.30. The topological polar surface area (TPSA) is 78.1 Å². The number of nitrogens with two attached hydrogens (primary N) is 1. The predicted octanol–water partition coefficient (Wildman–Crippen LogP) is 1.01. The number of anilines is 1. The number of carbonyl (C=O) groups excluding carboxylic acids is 1. The Morgan fingerprint density at radius 1 is 1.43 bits per heavy atom. The molecule has 0 bridgehead atoms. The van der Waals surface area contributed by atoms with Crippen molar-refractivity contribution in [3.8, 4) is 0 Å². The average Bonchev–Trinajstić information content (AvgIpc) is 2.01. The van der Waals surface area contributed by atoms with Crippen molar-refractivity contribution in [1.29, 1.82) is 0 Å². The molecule has 0 amide bonds. The summed E-state index contributed by atoms with van der Waals surface area (Å²) in [6.45, 7) is 5.36. The van der Waals surface area contributed by atoms with Gasteiger partial charge in [-0.15, -0.1) is 0 Å². The standard InChI is InChI=1S/C9H13N3O2/c1-9(2,3)14-8(13)6-4-7(10)12-5-11-6/h4-5H,1-3H3,(H2,10,11,12). The van der Waals surface area contributed by atoms with Crippen LogP contribution in [0, 0.1) is 0 Å². The Hall–Kier alpha value is -1.65. The quantitative estimate of drug-likeness (QED) is 0.677. The van der Waals surface area contributed by atoms with Crippen LogP contribution in [0.5, 0.6) is 0 Å². The van der Waals surface area contributed by atoms with Crippen LogP contribution in [-0.2, 0) is 4.74 Å². The minimum absolute atomic E-state index is 0.174. The second-order valence-corrected chi connectivity index (χ2v) is 3.83. The van der Waals surface area contributed by atoms with E-state index in [0.29, 0.717) is 0 Å². The molecule has 0 unspecified atom stereocenters. The number of hydrogen-bond acceptors (Lipinski definition) is 5. The summed E-state index contributed by atoms with van der Waals surface area (Å²) in [6.07, 6.45) is 1.23. The van der Waals surface area contributed by atoms with E-state index in [1.54, 1.807) is 20.8 Å². The maximum absolute atomic E-state index is 11.4. The first-order valence-electron chi connectivity index (χ1n) is 4.19. The number of rotatable bonds is 1. The van der Waals surface area contributed by atoms with Crippen LogP contribution in [0.4, 0.5) is 5.82 Å². The SMILES string of the molecule is CC(C)(C)OC(=O)c1cc(N)ncn1. The lowest BCUT2D eigenvalue weighted by molar-refractivity contribution is 0.00627. The Morgan fingerprint density at radius 3 is 2.57 bits per heavy atom. The van der Waals surface area contributed by atoms with Crippen molar-refractivity contribution in [2.75, 3.05) is 5.73 Å². The zero-order valence-corrected chi connectivity index (χ0v) is 8.44. The van der Waals surface area contributed by atoms with Gasteiger partial charge in [-0.25, -0.2) is 14.8 Å². The highest BCUT2D eigenvalue weighted by Gasteiger charge is 2.18. The zero-order chi connectivity index (χ0) is 10.8. The van der Waals surface area contributed by atoms with Gasteiger partial charge in [0.05, 0.1) is 0 Å². The van der Waals surface area contributed by atoms with Gasteiger partial charge >= 0.3 is 5.97 Å². The molecule has 1 heterocycles. The van der Waals surface area contributed by atoms with E-state index in [4.69, 9.17) is 10.5 Å². The molecule has 0 aliphatic carbocycles. The Kier molecular flexibility index (Phi) is 2.69. The average molecular weight is 195 g/mol. The minimum Gasteiger partial charge on any atom is -0.455 e. The highest BCUT2D eigenvalue weighted by Crippen LogP contribution is 2.11. The van der Waals surface area contributed by atoms with E-state index in [-0.39, 0.29) is 11.5 Å². The fraction of sp³-hybridized carbons (Fsp3) is 0.444. The molecule has 76 valence electrons. The summed E-state index contributed by atoms with van der Waals surface area (Å²) in [5.41, 5.74) is 5.04. The van der Waals surface area contributed by atoms with Crippen LogP contribution in [0.3, 0.4) is 0 Å². The number of nitrogen functional groups attached to an aromatic ring is 1. The van der Waals surface area contributed by atoms with Crippen molar-refractivity contribution in [2.24, 2.45) is 0 Å². The van der Waals surface area contributed by atoms with Crippen molar-refractivity contribution < 1.29 is 9.53 Å². The summed E-state index contributed by atoms with van der Waals surface area (Å²) >= 11 is 0. The van der Waals surface area contributed by atoms with Gasteiger partial charge in [0.25, 0.3) is 0 Å². The fourth-order valence-corrected chi connectivity index (χ4v) is 0.814. The third kappa shape index (κ3) is 3.01. The molecule has 0 radical (unpaired) electrons. The molecular formula is C9H13N3O2. The second kappa shape index (κ2) is 3.61. The van der Waals surface area contributed by atoms with Crippen LogP contribution in [0.25, 0.3) is 0 Å². The van der Waals surface area contributed by atoms with Gasteiger partial charge in [0.15, 0.2) is 5.69 Å². The summed E-state index contributed by atoms with van der Waals surface area (Å²) < 4.78 is 5.09. The van der Waals surface area contributed by atoms with Gasteiger partial charge in [-0.1, -0.05) is 0 Å². The smallest absolute Gasteiger partial charge is 0.357 e. The van der Waals surface area contributed by atoms with E-state index in [1.165, 1.54) is 12.4 Å². The van der Waals surface area contributed by atoms with Crippen LogP contribution in [-0.4, -0.2) is 21.5 Å². The molecule has 0 atom stereocenters. The van der Waals surface area contributed by atoms with Gasteiger partial charge in [-0.3, -0.25) is 0 Å². The molecule has 0 saturated heterocycles. The number of carbonyl (C=O) groups is 1. The van der Waals surface area contributed by atoms with Crippen LogP contribution < -0.4 is 5.73 Å². The van der Waals surface area contributed by atoms with Crippen LogP contribution in [0.15, 0.2) is 12.4 Å². The maximum atomic E-state index is 11.4. The molecule has 5 heteroatoms. The molecule has 5 nitrogen and oxygen atoms in total. The van der Waals surface area contributed by atoms with E-state index in [0.717, 1.165) is 0 Å². The van der Waals surface area contributed by atoms with Crippen LogP contribution >= 0.6 is 0 Å². The summed E-state index contributed by atoms with van der Waals surface area (Å²) in [4.78, 5) is 18.9. The molecule has 0 fully saturated rings. The Morgan fingerprint density at radius 2 is 2.07 bits per heavy atom. The molecule has 1 aromatic rings. The van der Waals surface area contributed by atoms with Gasteiger partial charge in [0.2, 0.25) is 0 Å². The van der Waals surface area contributed by atoms with Crippen molar-refractivity contribution in [3.05, 3.63) is 18.1 Å². The largest absolute Gasteiger partial charge is 0.455 e. The van der Waals surface area contributed by atoms with Crippen molar-refractivity contribution in [2.45, 2.75) is 26.4 Å². The number of ether oxygens (including phenoxy) is 1. The number of nitrogens with zero attached hydrogens (tertiary/aromatic N) is 2. The maximum Gasteiger partial charge on any atom is 0.357 e. The molecule has 0 saturated carbocycles. The molecule has 0 aliphatic rings. The van der Waals surface area contributed by atoms with E-state index in [9.17, 15) is 4.79 Å². The number of hydrogen-bond donors (Lipinski definition) is 1. The highest BCUT2D eigenvalue weighted by molar-refractivity contribution is 5.88. The first-order valence-corrected chi connectivity index (χ1v) is 4.19. The Bertz CT molecular complexity index is 344. The zero-order valence-electron chi connectivity index (χ0n) is 8.44. The summed E-state index contributed by atoms with van der Waals surface area (Å²) in [5, 5.41) is 0. The third-order valence-corrected chi connectivity index (χ3v) is 1.30. The predicted molar refractivity (Wildman–Crippen MR) is 51.6 cm³/mol. The second-order valence-electron chi connectivity index (χ2n) is 3.83. The number of esters is 1. The van der Waals surface area contributed by atoms with E-state index in [1.807, 2.05) is 0 Å². The summed E-state index contributed by atoms with van der Waals surface area (Å²) in [5.74, 6) is -0.243. The van der Waals surface area contributed by atoms with E-state index in [2.05, 4.69) is 9.97 Å². The summed E-state index contributed by atoms with van der Waals surface area (Å²) in [6, 6.07) is 1.38. The molecule has 1 rings (SSSR count). The molecule has 1 aromatic heterocycles. The fourth-order valence-electron chi connectivity index (χ4n) is 0.814. The van der Waals surface area contributed by atoms with Gasteiger partial charge in [0, 0.05) is 6.07 Å². The van der Waals surface area contributed by atoms with Gasteiger partial charge < -0.3 is 10.5 Å². The molecule has 0 spiro atoms. The molecule has 14 heavy (non-hydrogen) atoms. The van der Waals surface area contributed by atoms with Gasteiger partial charge in [-0.2, -0.15) is 0 Å². The highest BCUT2D eigenvalue weighted by atomic mass is 16.6. The molecular weight excluding hydrogens is 182 g/mol. The lowest BCUT2D eigenvalue weighted by Crippen LogP contribution is -2.24. The van der Waals surface area contributed by atoms with Gasteiger partial charge in [-0.05, 0) is 20.8 Å². The normalized spacial score (nSPS) is 11.1. The van der Waals surface area contributed by atoms with E-state index < -0.39 is 11.6 Å². The lowest BCUT2D eigenvalue weighted by atomic mass is 10.2. The first kappa shape index (κ1) is 10.4. The van der Waals surface area contributed by atoms with E-state index >= 15 is 0 Å². The van der Waals surface area contributed by atoms with Crippen molar-refractivity contribution in [3.63, 3.8) is 0 Å². The molecule has 0 aliphatic heterocycles. The molecule has 0 aromatic carbocycles. The van der Waals surface area contributed by atoms with Crippen LogP contribution in [0.1, 0.15) is 31.3 Å². The first-order chi connectivity index (χ1) is 6.38. The Balaban J connectivity index is 2.80. The minimum atomic E-state index is -0.531. The van der Waals surface area contributed by atoms with Gasteiger partial charge in [0.1, 0.15) is 17.7 Å². The van der Waals surface area contributed by atoms with Crippen LogP contribution in [0.2, 0.25) is 0 Å². The number of aromatic nitrogens is 2. The van der Waals surface area contributed by atoms with Crippen molar-refractivity contribution >= 4 is 11.8 Å². The Labute approximate surface area is 82.3 Å². The molecule has 2 N–H and O–H groups in total. The summed E-state index contributed by atoms with van der Waals surface area (Å²) in [7, 11) is 0. The lowest BCUT2D eigenvalue weighted by Gasteiger charge is -2.18.